The standard InChI is InChI=1S/C15H28N2O/c1-11-7-8-16-15(13-4-5-13)10-17(11)9-14-6-3-12(2)18-14/h11-16H,3-10H2,1-2H3. The van der Waals surface area contributed by atoms with Crippen LogP contribution in [-0.4, -0.2) is 48.8 Å². The van der Waals surface area contributed by atoms with Crippen LogP contribution in [0.2, 0.25) is 0 Å². The third kappa shape index (κ3) is 3.06. The van der Waals surface area contributed by atoms with Crippen molar-refractivity contribution < 1.29 is 4.74 Å². The normalized spacial score (nSPS) is 43.0. The Morgan fingerprint density at radius 1 is 1.11 bits per heavy atom. The van der Waals surface area contributed by atoms with Gasteiger partial charge in [-0.25, -0.2) is 0 Å². The Kier molecular flexibility index (Phi) is 3.92. The molecule has 0 aromatic rings. The second-order valence-corrected chi connectivity index (χ2v) is 6.64. The van der Waals surface area contributed by atoms with Crippen LogP contribution >= 0.6 is 0 Å². The summed E-state index contributed by atoms with van der Waals surface area (Å²) in [6, 6.07) is 1.45. The number of hydrogen-bond acceptors (Lipinski definition) is 3. The molecule has 0 spiro atoms. The van der Waals surface area contributed by atoms with E-state index in [9.17, 15) is 0 Å². The fourth-order valence-corrected chi connectivity index (χ4v) is 3.51. The zero-order chi connectivity index (χ0) is 12.5. The van der Waals surface area contributed by atoms with Crippen LogP contribution in [0, 0.1) is 5.92 Å². The summed E-state index contributed by atoms with van der Waals surface area (Å²) in [7, 11) is 0. The van der Waals surface area contributed by atoms with Gasteiger partial charge < -0.3 is 10.1 Å². The number of nitrogens with zero attached hydrogens (tertiary/aromatic N) is 1. The van der Waals surface area contributed by atoms with Gasteiger partial charge in [0.25, 0.3) is 0 Å². The lowest BCUT2D eigenvalue weighted by Gasteiger charge is -2.31. The lowest BCUT2D eigenvalue weighted by atomic mass is 10.1. The molecular weight excluding hydrogens is 224 g/mol. The smallest absolute Gasteiger partial charge is 0.0706 e. The van der Waals surface area contributed by atoms with E-state index in [1.54, 1.807) is 0 Å². The molecule has 0 radical (unpaired) electrons. The van der Waals surface area contributed by atoms with Crippen LogP contribution in [0.5, 0.6) is 0 Å². The Bertz CT molecular complexity index is 280. The Morgan fingerprint density at radius 2 is 1.94 bits per heavy atom. The van der Waals surface area contributed by atoms with E-state index < -0.39 is 0 Å². The van der Waals surface area contributed by atoms with E-state index in [1.807, 2.05) is 0 Å². The number of rotatable bonds is 3. The number of nitrogens with one attached hydrogen (secondary N) is 1. The van der Waals surface area contributed by atoms with Crippen LogP contribution in [0.1, 0.15) is 46.0 Å². The molecular formula is C15H28N2O. The van der Waals surface area contributed by atoms with Gasteiger partial charge in [-0.3, -0.25) is 4.90 Å². The Hall–Kier alpha value is -0.120. The van der Waals surface area contributed by atoms with Gasteiger partial charge in [0.05, 0.1) is 12.2 Å². The predicted octanol–water partition coefficient (Wildman–Crippen LogP) is 2.02. The topological polar surface area (TPSA) is 24.5 Å². The minimum atomic E-state index is 0.481. The van der Waals surface area contributed by atoms with Crippen molar-refractivity contribution in [3.05, 3.63) is 0 Å². The van der Waals surface area contributed by atoms with Crippen molar-refractivity contribution in [1.82, 2.24) is 10.2 Å². The van der Waals surface area contributed by atoms with Crippen LogP contribution < -0.4 is 5.32 Å². The maximum Gasteiger partial charge on any atom is 0.0706 e. The average Bonchev–Trinajstić information content (AvgIpc) is 3.11. The summed E-state index contributed by atoms with van der Waals surface area (Å²) < 4.78 is 6.00. The van der Waals surface area contributed by atoms with Crippen molar-refractivity contribution in [2.24, 2.45) is 5.92 Å². The molecule has 1 saturated carbocycles. The van der Waals surface area contributed by atoms with E-state index in [0.29, 0.717) is 18.2 Å². The van der Waals surface area contributed by atoms with Crippen LogP contribution in [0.25, 0.3) is 0 Å². The van der Waals surface area contributed by atoms with Crippen LogP contribution in [0.3, 0.4) is 0 Å². The fraction of sp³-hybridized carbons (Fsp3) is 1.00. The summed E-state index contributed by atoms with van der Waals surface area (Å²) >= 11 is 0. The average molecular weight is 252 g/mol. The second-order valence-electron chi connectivity index (χ2n) is 6.64. The van der Waals surface area contributed by atoms with Crippen molar-refractivity contribution in [1.29, 1.82) is 0 Å². The van der Waals surface area contributed by atoms with Crippen molar-refractivity contribution in [2.75, 3.05) is 19.6 Å². The molecule has 104 valence electrons. The summed E-state index contributed by atoms with van der Waals surface area (Å²) in [5, 5.41) is 3.76. The molecule has 2 heterocycles. The largest absolute Gasteiger partial charge is 0.374 e. The molecule has 1 N–H and O–H groups in total. The van der Waals surface area contributed by atoms with Gasteiger partial charge in [0.2, 0.25) is 0 Å². The molecule has 3 fully saturated rings. The first kappa shape index (κ1) is 12.9. The summed E-state index contributed by atoms with van der Waals surface area (Å²) in [5.41, 5.74) is 0. The minimum Gasteiger partial charge on any atom is -0.374 e. The minimum absolute atomic E-state index is 0.481. The van der Waals surface area contributed by atoms with Gasteiger partial charge in [-0.2, -0.15) is 0 Å². The maximum atomic E-state index is 6.00. The van der Waals surface area contributed by atoms with Gasteiger partial charge in [-0.05, 0) is 58.4 Å². The number of ether oxygens (including phenoxy) is 1. The van der Waals surface area contributed by atoms with E-state index in [2.05, 4.69) is 24.1 Å². The maximum absolute atomic E-state index is 6.00. The Labute approximate surface area is 111 Å². The van der Waals surface area contributed by atoms with Gasteiger partial charge in [0, 0.05) is 25.2 Å². The third-order valence-electron chi connectivity index (χ3n) is 4.97. The highest BCUT2D eigenvalue weighted by atomic mass is 16.5. The zero-order valence-electron chi connectivity index (χ0n) is 11.9. The van der Waals surface area contributed by atoms with Gasteiger partial charge in [0.15, 0.2) is 0 Å². The molecule has 1 aliphatic carbocycles. The Morgan fingerprint density at radius 3 is 2.61 bits per heavy atom. The van der Waals surface area contributed by atoms with Gasteiger partial charge in [-0.15, -0.1) is 0 Å². The molecule has 4 atom stereocenters. The lowest BCUT2D eigenvalue weighted by Crippen LogP contribution is -2.44. The molecule has 3 heteroatoms. The first-order valence-electron chi connectivity index (χ1n) is 7.85. The first-order chi connectivity index (χ1) is 8.72. The first-order valence-corrected chi connectivity index (χ1v) is 7.85. The van der Waals surface area contributed by atoms with Crippen LogP contribution in [0.4, 0.5) is 0 Å². The molecule has 18 heavy (non-hydrogen) atoms. The molecule has 2 aliphatic heterocycles. The van der Waals surface area contributed by atoms with E-state index in [1.165, 1.54) is 45.2 Å². The quantitative estimate of drug-likeness (QED) is 0.831. The van der Waals surface area contributed by atoms with Gasteiger partial charge in [0.1, 0.15) is 0 Å². The number of hydrogen-bond donors (Lipinski definition) is 1. The molecule has 0 aromatic heterocycles. The van der Waals surface area contributed by atoms with Crippen LogP contribution in [-0.2, 0) is 4.74 Å². The van der Waals surface area contributed by atoms with Crippen molar-refractivity contribution >= 4 is 0 Å². The Balaban J connectivity index is 1.56. The molecule has 0 bridgehead atoms. The molecule has 3 aliphatic rings. The van der Waals surface area contributed by atoms with Gasteiger partial charge in [-0.1, -0.05) is 0 Å². The van der Waals surface area contributed by atoms with Crippen molar-refractivity contribution in [3.8, 4) is 0 Å². The second kappa shape index (κ2) is 5.48. The van der Waals surface area contributed by atoms with E-state index in [4.69, 9.17) is 4.74 Å². The molecule has 4 unspecified atom stereocenters. The zero-order valence-corrected chi connectivity index (χ0v) is 11.9. The van der Waals surface area contributed by atoms with E-state index in [-0.39, 0.29) is 0 Å². The monoisotopic (exact) mass is 252 g/mol. The molecule has 3 rings (SSSR count). The van der Waals surface area contributed by atoms with E-state index >= 15 is 0 Å². The SMILES string of the molecule is CC1CCC(CN2CC(C3CC3)NCCC2C)O1. The third-order valence-corrected chi connectivity index (χ3v) is 4.97. The summed E-state index contributed by atoms with van der Waals surface area (Å²) in [4.78, 5) is 2.69. The van der Waals surface area contributed by atoms with Crippen LogP contribution in [0.15, 0.2) is 0 Å². The highest BCUT2D eigenvalue weighted by Crippen LogP contribution is 2.34. The van der Waals surface area contributed by atoms with Crippen molar-refractivity contribution in [2.45, 2.75) is 70.2 Å². The van der Waals surface area contributed by atoms with Crippen molar-refractivity contribution in [3.63, 3.8) is 0 Å². The van der Waals surface area contributed by atoms with E-state index in [0.717, 1.165) is 18.5 Å². The predicted molar refractivity (Wildman–Crippen MR) is 73.7 cm³/mol. The highest BCUT2D eigenvalue weighted by molar-refractivity contribution is 4.92. The summed E-state index contributed by atoms with van der Waals surface area (Å²) in [5.74, 6) is 0.959. The molecule has 0 amide bonds. The lowest BCUT2D eigenvalue weighted by molar-refractivity contribution is 0.0222. The summed E-state index contributed by atoms with van der Waals surface area (Å²) in [6.45, 7) is 8.17. The molecule has 3 nitrogen and oxygen atoms in total. The van der Waals surface area contributed by atoms with Gasteiger partial charge >= 0.3 is 0 Å². The highest BCUT2D eigenvalue weighted by Gasteiger charge is 2.35. The fourth-order valence-electron chi connectivity index (χ4n) is 3.51. The molecule has 2 saturated heterocycles. The molecule has 0 aromatic carbocycles. The summed E-state index contributed by atoms with van der Waals surface area (Å²) in [6.07, 6.45) is 7.64.